The molecule has 27 heavy (non-hydrogen) atoms. The van der Waals surface area contributed by atoms with Crippen molar-refractivity contribution in [3.05, 3.63) is 0 Å². The van der Waals surface area contributed by atoms with E-state index in [1.165, 1.54) is 70.6 Å². The summed E-state index contributed by atoms with van der Waals surface area (Å²) in [6.45, 7) is 2.87. The van der Waals surface area contributed by atoms with Gasteiger partial charge in [0.1, 0.15) is 11.8 Å². The van der Waals surface area contributed by atoms with Gasteiger partial charge in [0.25, 0.3) is 0 Å². The first-order valence-corrected chi connectivity index (χ1v) is 11.2. The maximum Gasteiger partial charge on any atom is 0.320 e. The standard InChI is InChI=1S/C16H30O.C6H14N2O2/c1-2-3-4-5-6-7-8-9-12-15-13-10-11-14-16(15)17;7-4-2-1-3-5(8)6(9)10/h15H,2-14H2,1H3;5H,1-4,7-8H2,(H,9,10)/t;5-/m.0/s1. The van der Waals surface area contributed by atoms with Crippen molar-refractivity contribution in [2.24, 2.45) is 17.4 Å². The highest BCUT2D eigenvalue weighted by atomic mass is 16.4. The van der Waals surface area contributed by atoms with Crippen LogP contribution in [0.25, 0.3) is 0 Å². The molecule has 160 valence electrons. The summed E-state index contributed by atoms with van der Waals surface area (Å²) < 4.78 is 0. The number of carboxylic acid groups (broad SMARTS) is 1. The van der Waals surface area contributed by atoms with Crippen LogP contribution in [-0.4, -0.2) is 29.4 Å². The number of hydrogen-bond donors (Lipinski definition) is 3. The predicted octanol–water partition coefficient (Wildman–Crippen LogP) is 4.80. The van der Waals surface area contributed by atoms with Gasteiger partial charge < -0.3 is 16.6 Å². The van der Waals surface area contributed by atoms with Crippen molar-refractivity contribution in [2.75, 3.05) is 6.54 Å². The van der Waals surface area contributed by atoms with Crippen LogP contribution in [0.5, 0.6) is 0 Å². The molecule has 1 unspecified atom stereocenters. The van der Waals surface area contributed by atoms with Gasteiger partial charge in [-0.25, -0.2) is 0 Å². The van der Waals surface area contributed by atoms with Gasteiger partial charge in [-0.2, -0.15) is 0 Å². The van der Waals surface area contributed by atoms with Crippen molar-refractivity contribution >= 4 is 11.8 Å². The fourth-order valence-electron chi connectivity index (χ4n) is 3.52. The topological polar surface area (TPSA) is 106 Å². The lowest BCUT2D eigenvalue weighted by atomic mass is 9.84. The molecule has 0 aromatic carbocycles. The van der Waals surface area contributed by atoms with Crippen molar-refractivity contribution in [3.63, 3.8) is 0 Å². The summed E-state index contributed by atoms with van der Waals surface area (Å²) in [5.41, 5.74) is 10.4. The molecule has 5 nitrogen and oxygen atoms in total. The van der Waals surface area contributed by atoms with Gasteiger partial charge in [0.05, 0.1) is 0 Å². The molecule has 1 fully saturated rings. The molecule has 5 heteroatoms. The summed E-state index contributed by atoms with van der Waals surface area (Å²) in [4.78, 5) is 21.8. The fraction of sp³-hybridized carbons (Fsp3) is 0.909. The van der Waals surface area contributed by atoms with Crippen molar-refractivity contribution in [1.29, 1.82) is 0 Å². The van der Waals surface area contributed by atoms with Crippen LogP contribution in [0.1, 0.15) is 110 Å². The molecule has 0 heterocycles. The molecule has 1 aliphatic rings. The van der Waals surface area contributed by atoms with Crippen LogP contribution in [0.2, 0.25) is 0 Å². The summed E-state index contributed by atoms with van der Waals surface area (Å²) in [5, 5.41) is 8.33. The number of Topliss-reactive ketones (excluding diaryl/α,β-unsaturated/α-hetero) is 1. The Morgan fingerprint density at radius 1 is 1.04 bits per heavy atom. The number of rotatable bonds is 14. The third-order valence-corrected chi connectivity index (χ3v) is 5.37. The van der Waals surface area contributed by atoms with Crippen LogP contribution in [0, 0.1) is 5.92 Å². The Balaban J connectivity index is 0.000000580. The minimum atomic E-state index is -0.933. The fourth-order valence-corrected chi connectivity index (χ4v) is 3.52. The highest BCUT2D eigenvalue weighted by molar-refractivity contribution is 5.81. The van der Waals surface area contributed by atoms with E-state index in [-0.39, 0.29) is 0 Å². The maximum absolute atomic E-state index is 11.6. The van der Waals surface area contributed by atoms with Gasteiger partial charge in [-0.1, -0.05) is 71.1 Å². The molecule has 0 spiro atoms. The van der Waals surface area contributed by atoms with E-state index in [1.807, 2.05) is 0 Å². The number of aliphatic carboxylic acids is 1. The predicted molar refractivity (Wildman–Crippen MR) is 113 cm³/mol. The zero-order chi connectivity index (χ0) is 20.3. The first-order chi connectivity index (χ1) is 13.0. The molecule has 0 amide bonds. The lowest BCUT2D eigenvalue weighted by molar-refractivity contribution is -0.138. The Kier molecular flexibility index (Phi) is 17.8. The monoisotopic (exact) mass is 384 g/mol. The largest absolute Gasteiger partial charge is 0.480 e. The summed E-state index contributed by atoms with van der Waals surface area (Å²) in [6.07, 6.45) is 18.8. The maximum atomic E-state index is 11.6. The van der Waals surface area contributed by atoms with E-state index in [2.05, 4.69) is 6.92 Å². The van der Waals surface area contributed by atoms with Crippen LogP contribution >= 0.6 is 0 Å². The number of carbonyl (C=O) groups excluding carboxylic acids is 1. The molecule has 1 rings (SSSR count). The lowest BCUT2D eigenvalue weighted by Crippen LogP contribution is -2.29. The zero-order valence-corrected chi connectivity index (χ0v) is 17.6. The summed E-state index contributed by atoms with van der Waals surface area (Å²) >= 11 is 0. The van der Waals surface area contributed by atoms with Crippen molar-refractivity contribution in [3.8, 4) is 0 Å². The van der Waals surface area contributed by atoms with E-state index in [4.69, 9.17) is 16.6 Å². The number of carbonyl (C=O) groups is 2. The molecule has 2 atom stereocenters. The Morgan fingerprint density at radius 3 is 2.22 bits per heavy atom. The molecule has 1 saturated carbocycles. The van der Waals surface area contributed by atoms with Crippen LogP contribution in [0.3, 0.4) is 0 Å². The number of nitrogens with two attached hydrogens (primary N) is 2. The van der Waals surface area contributed by atoms with Gasteiger partial charge in [0, 0.05) is 12.3 Å². The van der Waals surface area contributed by atoms with Gasteiger partial charge in [0.15, 0.2) is 0 Å². The molecule has 0 bridgehead atoms. The number of carboxylic acids is 1. The second kappa shape index (κ2) is 18.4. The van der Waals surface area contributed by atoms with E-state index in [1.54, 1.807) is 0 Å². The first kappa shape index (κ1) is 26.1. The molecule has 0 aromatic heterocycles. The summed E-state index contributed by atoms with van der Waals surface area (Å²) in [5.74, 6) is 0.0556. The quantitative estimate of drug-likeness (QED) is 0.373. The van der Waals surface area contributed by atoms with E-state index in [9.17, 15) is 9.59 Å². The highest BCUT2D eigenvalue weighted by Crippen LogP contribution is 2.25. The van der Waals surface area contributed by atoms with Crippen molar-refractivity contribution in [2.45, 2.75) is 116 Å². The second-order valence-electron chi connectivity index (χ2n) is 7.90. The van der Waals surface area contributed by atoms with Gasteiger partial charge in [-0.15, -0.1) is 0 Å². The van der Waals surface area contributed by atoms with Crippen molar-refractivity contribution < 1.29 is 14.7 Å². The molecule has 0 saturated heterocycles. The van der Waals surface area contributed by atoms with Crippen LogP contribution < -0.4 is 11.5 Å². The van der Waals surface area contributed by atoms with Crippen LogP contribution in [-0.2, 0) is 9.59 Å². The number of unbranched alkanes of at least 4 members (excludes halogenated alkanes) is 8. The molecular formula is C22H44N2O3. The van der Waals surface area contributed by atoms with Gasteiger partial charge >= 0.3 is 5.97 Å². The smallest absolute Gasteiger partial charge is 0.320 e. The average molecular weight is 385 g/mol. The Hall–Kier alpha value is -0.940. The van der Waals surface area contributed by atoms with Crippen LogP contribution in [0.4, 0.5) is 0 Å². The van der Waals surface area contributed by atoms with Gasteiger partial charge in [0.2, 0.25) is 0 Å². The summed E-state index contributed by atoms with van der Waals surface area (Å²) in [6, 6.07) is -0.716. The molecule has 0 aliphatic heterocycles. The minimum Gasteiger partial charge on any atom is -0.480 e. The number of hydrogen-bond acceptors (Lipinski definition) is 4. The van der Waals surface area contributed by atoms with E-state index >= 15 is 0 Å². The van der Waals surface area contributed by atoms with E-state index in [0.717, 1.165) is 25.7 Å². The Labute approximate surface area is 166 Å². The molecule has 0 radical (unpaired) electrons. The third kappa shape index (κ3) is 15.8. The number of ketones is 1. The highest BCUT2D eigenvalue weighted by Gasteiger charge is 2.21. The van der Waals surface area contributed by atoms with Crippen molar-refractivity contribution in [1.82, 2.24) is 0 Å². The van der Waals surface area contributed by atoms with Gasteiger partial charge in [-0.05, 0) is 38.6 Å². The van der Waals surface area contributed by atoms with Gasteiger partial charge in [-0.3, -0.25) is 9.59 Å². The molecule has 1 aliphatic carbocycles. The van der Waals surface area contributed by atoms with Crippen LogP contribution in [0.15, 0.2) is 0 Å². The zero-order valence-electron chi connectivity index (χ0n) is 17.6. The molecular weight excluding hydrogens is 340 g/mol. The molecule has 5 N–H and O–H groups in total. The lowest BCUT2D eigenvalue weighted by Gasteiger charge is -2.20. The molecule has 0 aromatic rings. The second-order valence-corrected chi connectivity index (χ2v) is 7.90. The average Bonchev–Trinajstić information content (AvgIpc) is 2.66. The van der Waals surface area contributed by atoms with E-state index < -0.39 is 12.0 Å². The Bertz CT molecular complexity index is 375. The normalized spacial score (nSPS) is 17.9. The minimum absolute atomic E-state index is 0.434. The first-order valence-electron chi connectivity index (χ1n) is 11.2. The third-order valence-electron chi connectivity index (χ3n) is 5.37. The summed E-state index contributed by atoms with van der Waals surface area (Å²) in [7, 11) is 0. The Morgan fingerprint density at radius 2 is 1.67 bits per heavy atom. The van der Waals surface area contributed by atoms with E-state index in [0.29, 0.717) is 24.7 Å². The SMILES string of the molecule is CCCCCCCCCCC1CCCCC1=O.NCCCC[C@H](N)C(=O)O.